The van der Waals surface area contributed by atoms with E-state index in [1.54, 1.807) is 13.2 Å². The maximum atomic E-state index is 12.6. The molecule has 1 N–H and O–H groups in total. The van der Waals surface area contributed by atoms with Crippen LogP contribution in [-0.4, -0.2) is 29.7 Å². The van der Waals surface area contributed by atoms with Crippen LogP contribution in [0.1, 0.15) is 43.2 Å². The second-order valence-corrected chi connectivity index (χ2v) is 7.27. The molecule has 1 heterocycles. The number of aromatic hydroxyl groups is 1. The highest BCUT2D eigenvalue weighted by Crippen LogP contribution is 2.67. The average molecular weight is 300 g/mol. The molecule has 4 aliphatic rings. The quantitative estimate of drug-likeness (QED) is 0.866. The van der Waals surface area contributed by atoms with Crippen molar-refractivity contribution >= 4 is 5.78 Å². The molecule has 4 atom stereocenters. The molecule has 116 valence electrons. The average Bonchev–Trinajstić information content (AvgIpc) is 2.86. The molecule has 1 aromatic rings. The third kappa shape index (κ3) is 1.13. The van der Waals surface area contributed by atoms with Crippen LogP contribution in [-0.2, 0) is 21.4 Å². The fourth-order valence-electron chi connectivity index (χ4n) is 6.06. The summed E-state index contributed by atoms with van der Waals surface area (Å²) in [6.07, 6.45) is 4.93. The topological polar surface area (TPSA) is 55.8 Å². The van der Waals surface area contributed by atoms with E-state index in [1.807, 2.05) is 6.07 Å². The first kappa shape index (κ1) is 12.9. The first-order valence-corrected chi connectivity index (χ1v) is 8.24. The molecular formula is C18H20O4. The van der Waals surface area contributed by atoms with Crippen molar-refractivity contribution in [2.45, 2.75) is 55.6 Å². The van der Waals surface area contributed by atoms with Crippen LogP contribution < -0.4 is 4.74 Å². The summed E-state index contributed by atoms with van der Waals surface area (Å²) < 4.78 is 12.2. The number of benzene rings is 1. The second kappa shape index (κ2) is 3.85. The number of carbonyl (C=O) groups excluding carboxylic acids is 1. The van der Waals surface area contributed by atoms with Gasteiger partial charge in [-0.1, -0.05) is 12.5 Å². The maximum Gasteiger partial charge on any atom is 0.174 e. The van der Waals surface area contributed by atoms with E-state index in [2.05, 4.69) is 0 Å². The predicted molar refractivity (Wildman–Crippen MR) is 79.2 cm³/mol. The number of rotatable bonds is 1. The molecule has 0 radical (unpaired) electrons. The number of ketones is 1. The minimum absolute atomic E-state index is 0.157. The van der Waals surface area contributed by atoms with Crippen molar-refractivity contribution in [3.05, 3.63) is 23.3 Å². The smallest absolute Gasteiger partial charge is 0.174 e. The van der Waals surface area contributed by atoms with Crippen molar-refractivity contribution in [1.29, 1.82) is 0 Å². The van der Waals surface area contributed by atoms with Gasteiger partial charge in [-0.25, -0.2) is 0 Å². The van der Waals surface area contributed by atoms with Gasteiger partial charge in [0.25, 0.3) is 0 Å². The summed E-state index contributed by atoms with van der Waals surface area (Å²) in [4.78, 5) is 12.6. The van der Waals surface area contributed by atoms with Gasteiger partial charge in [0.15, 0.2) is 23.4 Å². The minimum atomic E-state index is -0.480. The number of Topliss-reactive ketones (excluding diaryl/α,β-unsaturated/α-hetero) is 1. The van der Waals surface area contributed by atoms with Crippen molar-refractivity contribution in [3.63, 3.8) is 0 Å². The molecule has 0 amide bonds. The van der Waals surface area contributed by atoms with Crippen LogP contribution in [0.4, 0.5) is 0 Å². The van der Waals surface area contributed by atoms with Gasteiger partial charge in [0.2, 0.25) is 0 Å². The number of methoxy groups -OCH3 is 1. The number of phenolic OH excluding ortho intramolecular Hbond substituents is 1. The molecule has 22 heavy (non-hydrogen) atoms. The molecule has 1 aromatic carbocycles. The Labute approximate surface area is 129 Å². The largest absolute Gasteiger partial charge is 0.504 e. The monoisotopic (exact) mass is 300 g/mol. The zero-order valence-corrected chi connectivity index (χ0v) is 12.7. The normalized spacial score (nSPS) is 41.0. The lowest BCUT2D eigenvalue weighted by Crippen LogP contribution is -2.70. The SMILES string of the molecule is CO[C@@]12CCC(=O)[C@@H]3Oc4c(O)ccc5c4[C@@]31CCC[C@@H]2C5. The van der Waals surface area contributed by atoms with Crippen LogP contribution in [0, 0.1) is 5.92 Å². The maximum absolute atomic E-state index is 12.6. The second-order valence-electron chi connectivity index (χ2n) is 7.27. The Balaban J connectivity index is 1.89. The summed E-state index contributed by atoms with van der Waals surface area (Å²) >= 11 is 0. The summed E-state index contributed by atoms with van der Waals surface area (Å²) in [5.41, 5.74) is 1.61. The number of phenols is 1. The van der Waals surface area contributed by atoms with Crippen molar-refractivity contribution < 1.29 is 19.4 Å². The summed E-state index contributed by atoms with van der Waals surface area (Å²) in [6.45, 7) is 0. The van der Waals surface area contributed by atoms with Crippen molar-refractivity contribution in [2.24, 2.45) is 5.92 Å². The van der Waals surface area contributed by atoms with Gasteiger partial charge in [-0.05, 0) is 43.2 Å². The fourth-order valence-corrected chi connectivity index (χ4v) is 6.06. The highest BCUT2D eigenvalue weighted by molar-refractivity contribution is 5.89. The fraction of sp³-hybridized carbons (Fsp3) is 0.611. The van der Waals surface area contributed by atoms with Gasteiger partial charge in [-0.2, -0.15) is 0 Å². The Morgan fingerprint density at radius 2 is 2.23 bits per heavy atom. The lowest BCUT2D eigenvalue weighted by molar-refractivity contribution is -0.190. The Hall–Kier alpha value is -1.55. The van der Waals surface area contributed by atoms with Crippen LogP contribution in [0.5, 0.6) is 11.5 Å². The third-order valence-electron chi connectivity index (χ3n) is 6.76. The Morgan fingerprint density at radius 3 is 3.05 bits per heavy atom. The highest BCUT2D eigenvalue weighted by atomic mass is 16.5. The molecule has 2 fully saturated rings. The highest BCUT2D eigenvalue weighted by Gasteiger charge is 2.72. The van der Waals surface area contributed by atoms with Crippen molar-refractivity contribution in [3.8, 4) is 11.5 Å². The van der Waals surface area contributed by atoms with Gasteiger partial charge in [0.05, 0.1) is 11.0 Å². The predicted octanol–water partition coefficient (Wildman–Crippen LogP) is 2.50. The van der Waals surface area contributed by atoms with Crippen LogP contribution in [0.2, 0.25) is 0 Å². The van der Waals surface area contributed by atoms with Crippen molar-refractivity contribution in [2.75, 3.05) is 7.11 Å². The molecule has 0 unspecified atom stereocenters. The molecule has 1 aliphatic heterocycles. The zero-order valence-electron chi connectivity index (χ0n) is 12.7. The number of carbonyl (C=O) groups is 1. The van der Waals surface area contributed by atoms with Crippen molar-refractivity contribution in [1.82, 2.24) is 0 Å². The molecule has 4 nitrogen and oxygen atoms in total. The van der Waals surface area contributed by atoms with E-state index in [-0.39, 0.29) is 22.5 Å². The first-order valence-electron chi connectivity index (χ1n) is 8.24. The van der Waals surface area contributed by atoms with Crippen LogP contribution in [0.3, 0.4) is 0 Å². The van der Waals surface area contributed by atoms with E-state index in [1.165, 1.54) is 5.56 Å². The summed E-state index contributed by atoms with van der Waals surface area (Å²) in [7, 11) is 1.79. The molecule has 2 bridgehead atoms. The van der Waals surface area contributed by atoms with Gasteiger partial charge in [0.1, 0.15) is 0 Å². The van der Waals surface area contributed by atoms with E-state index in [0.29, 0.717) is 18.1 Å². The van der Waals surface area contributed by atoms with Crippen LogP contribution >= 0.6 is 0 Å². The molecule has 2 saturated carbocycles. The van der Waals surface area contributed by atoms with E-state index >= 15 is 0 Å². The van der Waals surface area contributed by atoms with Gasteiger partial charge >= 0.3 is 0 Å². The first-order chi connectivity index (χ1) is 10.6. The van der Waals surface area contributed by atoms with E-state index in [0.717, 1.165) is 37.7 Å². The van der Waals surface area contributed by atoms with Gasteiger partial charge in [-0.3, -0.25) is 4.79 Å². The van der Waals surface area contributed by atoms with Gasteiger partial charge in [0, 0.05) is 19.1 Å². The Kier molecular flexibility index (Phi) is 2.27. The van der Waals surface area contributed by atoms with Crippen LogP contribution in [0.25, 0.3) is 0 Å². The van der Waals surface area contributed by atoms with E-state index < -0.39 is 6.10 Å². The lowest BCUT2D eigenvalue weighted by atomic mass is 9.45. The Bertz CT molecular complexity index is 697. The Morgan fingerprint density at radius 1 is 1.36 bits per heavy atom. The molecule has 1 spiro atoms. The van der Waals surface area contributed by atoms with Gasteiger partial charge < -0.3 is 14.6 Å². The zero-order chi connectivity index (χ0) is 15.1. The lowest BCUT2D eigenvalue weighted by Gasteiger charge is -2.61. The van der Waals surface area contributed by atoms with Crippen LogP contribution in [0.15, 0.2) is 12.1 Å². The summed E-state index contributed by atoms with van der Waals surface area (Å²) in [5, 5.41) is 10.3. The summed E-state index contributed by atoms with van der Waals surface area (Å²) in [5.74, 6) is 1.30. The minimum Gasteiger partial charge on any atom is -0.504 e. The van der Waals surface area contributed by atoms with Gasteiger partial charge in [-0.15, -0.1) is 0 Å². The molecule has 3 aliphatic carbocycles. The molecule has 0 saturated heterocycles. The van der Waals surface area contributed by atoms with E-state index in [9.17, 15) is 9.90 Å². The number of hydrogen-bond donors (Lipinski definition) is 1. The number of hydrogen-bond acceptors (Lipinski definition) is 4. The van der Waals surface area contributed by atoms with E-state index in [4.69, 9.17) is 9.47 Å². The number of ether oxygens (including phenoxy) is 2. The molecule has 5 rings (SSSR count). The standard InChI is InChI=1S/C18H20O4/c1-21-18-8-6-13(20)16-17(18)7-2-3-11(18)9-10-4-5-12(19)15(22-16)14(10)17/h4-5,11,16,19H,2-3,6-9H2,1H3/t11-,16+,17+,18-/m1/s1. The molecular weight excluding hydrogens is 280 g/mol. The third-order valence-corrected chi connectivity index (χ3v) is 6.76. The summed E-state index contributed by atoms with van der Waals surface area (Å²) in [6, 6.07) is 3.72. The molecule has 0 aromatic heterocycles. The molecule has 4 heteroatoms.